The molecule has 0 atom stereocenters. The third kappa shape index (κ3) is 7.57. The quantitative estimate of drug-likeness (QED) is 0.219. The van der Waals surface area contributed by atoms with Crippen molar-refractivity contribution in [1.29, 1.82) is 0 Å². The van der Waals surface area contributed by atoms with E-state index in [1.807, 2.05) is 0 Å². The van der Waals surface area contributed by atoms with Crippen LogP contribution < -0.4 is 0 Å². The molecular formula is C16H31O6P2S4Sb. The van der Waals surface area contributed by atoms with E-state index in [1.165, 1.54) is 23.9 Å². The van der Waals surface area contributed by atoms with Crippen LogP contribution in [0.5, 0.6) is 0 Å². The first-order valence-electron chi connectivity index (χ1n) is 9.73. The van der Waals surface area contributed by atoms with E-state index in [-0.39, 0.29) is 16.8 Å². The van der Waals surface area contributed by atoms with Crippen LogP contribution in [0.2, 0.25) is 0 Å². The predicted molar refractivity (Wildman–Crippen MR) is 131 cm³/mol. The molecule has 29 heavy (non-hydrogen) atoms. The number of carbonyl (C=O) groups excluding carboxylic acids is 1. The summed E-state index contributed by atoms with van der Waals surface area (Å²) in [4.78, 5) is 11.7. The van der Waals surface area contributed by atoms with Gasteiger partial charge in [-0.25, -0.2) is 0 Å². The molecule has 0 radical (unpaired) electrons. The van der Waals surface area contributed by atoms with Gasteiger partial charge >= 0.3 is 199 Å². The zero-order valence-electron chi connectivity index (χ0n) is 17.6. The summed E-state index contributed by atoms with van der Waals surface area (Å²) in [5.41, 5.74) is -5.11. The van der Waals surface area contributed by atoms with E-state index in [9.17, 15) is 4.79 Å². The molecule has 0 aliphatic carbocycles. The molecule has 2 heterocycles. The second-order valence-corrected chi connectivity index (χ2v) is 34.8. The molecule has 2 aliphatic rings. The Morgan fingerprint density at radius 2 is 1.17 bits per heavy atom. The fourth-order valence-corrected chi connectivity index (χ4v) is 56.3. The van der Waals surface area contributed by atoms with Gasteiger partial charge in [0.05, 0.1) is 0 Å². The zero-order chi connectivity index (χ0) is 21.8. The topological polar surface area (TPSA) is 63.2 Å². The van der Waals surface area contributed by atoms with Crippen molar-refractivity contribution in [3.05, 3.63) is 0 Å². The molecule has 2 fully saturated rings. The zero-order valence-corrected chi connectivity index (χ0v) is 25.2. The summed E-state index contributed by atoms with van der Waals surface area (Å²) in [7, 11) is 2.81. The maximum atomic E-state index is 11.7. The molecule has 0 amide bonds. The average molecular weight is 631 g/mol. The van der Waals surface area contributed by atoms with Crippen molar-refractivity contribution in [2.75, 3.05) is 26.4 Å². The van der Waals surface area contributed by atoms with Crippen LogP contribution in [0.1, 0.15) is 60.3 Å². The minimum atomic E-state index is -2.84. The van der Waals surface area contributed by atoms with Crippen molar-refractivity contribution < 1.29 is 25.9 Å². The van der Waals surface area contributed by atoms with Crippen LogP contribution in [-0.2, 0) is 49.5 Å². The summed E-state index contributed by atoms with van der Waals surface area (Å²) in [5.74, 6) is -0.335. The number of rotatable bonds is 9. The molecular weight excluding hydrogens is 600 g/mol. The summed E-state index contributed by atoms with van der Waals surface area (Å²) >= 11 is 8.61. The van der Waals surface area contributed by atoms with Crippen LogP contribution in [0.15, 0.2) is 0 Å². The predicted octanol–water partition coefficient (Wildman–Crippen LogP) is 6.16. The summed E-state index contributed by atoms with van der Waals surface area (Å²) in [6.07, 6.45) is 3.91. The molecule has 2 saturated heterocycles. The Morgan fingerprint density at radius 3 is 1.41 bits per heavy atom. The first-order chi connectivity index (χ1) is 13.6. The molecule has 0 aromatic rings. The van der Waals surface area contributed by atoms with E-state index in [1.54, 1.807) is 0 Å². The normalized spacial score (nSPS) is 24.9. The number of carbonyl (C=O) groups is 1. The first-order valence-corrected chi connectivity index (χ1v) is 25.1. The Bertz CT molecular complexity index is 598. The van der Waals surface area contributed by atoms with Gasteiger partial charge in [0.25, 0.3) is 0 Å². The van der Waals surface area contributed by atoms with E-state index in [2.05, 4.69) is 27.7 Å². The second kappa shape index (κ2) is 11.5. The second-order valence-electron chi connectivity index (χ2n) is 7.37. The van der Waals surface area contributed by atoms with Gasteiger partial charge in [0.1, 0.15) is 0 Å². The van der Waals surface area contributed by atoms with Gasteiger partial charge in [0.2, 0.25) is 0 Å². The van der Waals surface area contributed by atoms with Crippen molar-refractivity contribution in [3.63, 3.8) is 0 Å². The van der Waals surface area contributed by atoms with Gasteiger partial charge < -0.3 is 0 Å². The van der Waals surface area contributed by atoms with E-state index in [0.717, 1.165) is 25.7 Å². The van der Waals surface area contributed by atoms with Crippen LogP contribution in [0, 0.1) is 10.8 Å². The standard InChI is InChI=1S/2C7H15O2PS2.C2H4O2.Sb/c2*1-3-7(4-2)5-8-10(11,12)9-6-7;1-2(3)4;/h2*3-6H2,1-2H3,(H,11,12);1H3,(H,3,4);/q;;;+3/p-3. The molecule has 0 saturated carbocycles. The molecule has 0 unspecified atom stereocenters. The van der Waals surface area contributed by atoms with E-state index < -0.39 is 29.2 Å². The van der Waals surface area contributed by atoms with Gasteiger partial charge in [0.15, 0.2) is 0 Å². The summed E-state index contributed by atoms with van der Waals surface area (Å²) in [6, 6.07) is 0. The van der Waals surface area contributed by atoms with Crippen molar-refractivity contribution >= 4 is 75.7 Å². The molecule has 0 aromatic heterocycles. The summed E-state index contributed by atoms with van der Waals surface area (Å²) in [6.45, 7) is 12.3. The molecule has 2 aliphatic heterocycles. The Kier molecular flexibility index (Phi) is 10.9. The third-order valence-corrected chi connectivity index (χ3v) is 48.0. The molecule has 6 nitrogen and oxygen atoms in total. The van der Waals surface area contributed by atoms with Crippen molar-refractivity contribution in [2.24, 2.45) is 10.8 Å². The van der Waals surface area contributed by atoms with E-state index in [4.69, 9.17) is 44.7 Å². The van der Waals surface area contributed by atoms with Crippen LogP contribution in [0.25, 0.3) is 0 Å². The van der Waals surface area contributed by atoms with Crippen molar-refractivity contribution in [2.45, 2.75) is 60.3 Å². The first kappa shape index (κ1) is 27.4. The van der Waals surface area contributed by atoms with Crippen LogP contribution in [0.3, 0.4) is 0 Å². The van der Waals surface area contributed by atoms with Crippen molar-refractivity contribution in [3.8, 4) is 0 Å². The number of hydrogen-bond donors (Lipinski definition) is 0. The molecule has 0 N–H and O–H groups in total. The third-order valence-electron chi connectivity index (χ3n) is 5.65. The Labute approximate surface area is 197 Å². The Hall–Kier alpha value is 2.13. The van der Waals surface area contributed by atoms with Gasteiger partial charge in [-0.15, -0.1) is 0 Å². The summed E-state index contributed by atoms with van der Waals surface area (Å²) < 4.78 is 29.9. The van der Waals surface area contributed by atoms with Crippen LogP contribution >= 0.6 is 28.3 Å². The maximum absolute atomic E-state index is 11.7. The van der Waals surface area contributed by atoms with Gasteiger partial charge in [-0.1, -0.05) is 0 Å². The fraction of sp³-hybridized carbons (Fsp3) is 0.938. The monoisotopic (exact) mass is 630 g/mol. The molecule has 2 rings (SSSR count). The molecule has 13 heteroatoms. The van der Waals surface area contributed by atoms with Gasteiger partial charge in [-0.2, -0.15) is 0 Å². The van der Waals surface area contributed by atoms with E-state index in [0.29, 0.717) is 26.4 Å². The molecule has 0 bridgehead atoms. The average Bonchev–Trinajstić information content (AvgIpc) is 2.69. The van der Waals surface area contributed by atoms with Crippen LogP contribution in [-0.4, -0.2) is 50.2 Å². The molecule has 170 valence electrons. The number of hydrogen-bond acceptors (Lipinski definition) is 10. The van der Waals surface area contributed by atoms with Gasteiger partial charge in [0, 0.05) is 0 Å². The fourth-order valence-electron chi connectivity index (χ4n) is 2.75. The summed E-state index contributed by atoms with van der Waals surface area (Å²) in [5, 5.41) is 0. The molecule has 0 spiro atoms. The van der Waals surface area contributed by atoms with Crippen LogP contribution in [0.4, 0.5) is 0 Å². The SMILES string of the molecule is CCC1(CC)COP(=S)([S][Sb]([O]C(C)=O)[S]P2(=S)OCC(CC)(CC)CO2)OC1. The Morgan fingerprint density at radius 1 is 0.862 bits per heavy atom. The van der Waals surface area contributed by atoms with Gasteiger partial charge in [-0.3, -0.25) is 0 Å². The van der Waals surface area contributed by atoms with Crippen molar-refractivity contribution in [1.82, 2.24) is 0 Å². The van der Waals surface area contributed by atoms with Gasteiger partial charge in [-0.05, 0) is 0 Å². The Balaban J connectivity index is 2.04. The molecule has 0 aromatic carbocycles. The minimum absolute atomic E-state index is 0.0188. The van der Waals surface area contributed by atoms with E-state index >= 15 is 0 Å².